The van der Waals surface area contributed by atoms with Crippen LogP contribution in [0.3, 0.4) is 0 Å². The Morgan fingerprint density at radius 3 is 2.96 bits per heavy atom. The Balaban J connectivity index is 1.88. The standard InChI is InChI=1S/C17H18FN5O2/c1-11-4-3-7-20-15(11)16(24)22-14-6-2-5-12(21-14)17(9-18)10-25-8-13(19)23-17/h2-7H,8-10H2,1H3,(H2,19,23)(H,21,22,24). The van der Waals surface area contributed by atoms with Crippen LogP contribution in [-0.2, 0) is 10.3 Å². The highest BCUT2D eigenvalue weighted by molar-refractivity contribution is 6.03. The lowest BCUT2D eigenvalue weighted by atomic mass is 9.97. The lowest BCUT2D eigenvalue weighted by molar-refractivity contribution is 0.0807. The summed E-state index contributed by atoms with van der Waals surface area (Å²) in [4.78, 5) is 25.0. The summed E-state index contributed by atoms with van der Waals surface area (Å²) in [5, 5.41) is 2.68. The Labute approximate surface area is 144 Å². The minimum Gasteiger partial charge on any atom is -0.385 e. The quantitative estimate of drug-likeness (QED) is 0.877. The molecule has 0 spiro atoms. The van der Waals surface area contributed by atoms with Crippen LogP contribution in [0.15, 0.2) is 41.5 Å². The third-order valence-corrected chi connectivity index (χ3v) is 3.86. The van der Waals surface area contributed by atoms with E-state index in [0.29, 0.717) is 11.4 Å². The predicted molar refractivity (Wildman–Crippen MR) is 91.3 cm³/mol. The molecule has 8 heteroatoms. The van der Waals surface area contributed by atoms with Crippen LogP contribution in [0.2, 0.25) is 0 Å². The molecule has 0 radical (unpaired) electrons. The second-order valence-corrected chi connectivity index (χ2v) is 5.79. The van der Waals surface area contributed by atoms with Gasteiger partial charge in [-0.05, 0) is 30.7 Å². The Kier molecular flexibility index (Phi) is 4.71. The van der Waals surface area contributed by atoms with Crippen molar-refractivity contribution in [1.29, 1.82) is 0 Å². The number of rotatable bonds is 4. The highest BCUT2D eigenvalue weighted by atomic mass is 19.1. The van der Waals surface area contributed by atoms with Crippen LogP contribution in [0.4, 0.5) is 10.2 Å². The van der Waals surface area contributed by atoms with Crippen molar-refractivity contribution in [3.63, 3.8) is 0 Å². The third kappa shape index (κ3) is 3.48. The summed E-state index contributed by atoms with van der Waals surface area (Å²) in [6.45, 7) is 1.18. The number of aryl methyl sites for hydroxylation is 1. The van der Waals surface area contributed by atoms with Crippen molar-refractivity contribution in [3.05, 3.63) is 53.5 Å². The number of carbonyl (C=O) groups is 1. The smallest absolute Gasteiger partial charge is 0.275 e. The molecule has 0 bridgehead atoms. The number of amides is 1. The van der Waals surface area contributed by atoms with Crippen LogP contribution in [0, 0.1) is 6.92 Å². The first-order valence-corrected chi connectivity index (χ1v) is 7.72. The van der Waals surface area contributed by atoms with E-state index in [-0.39, 0.29) is 30.8 Å². The number of ether oxygens (including phenoxy) is 1. The van der Waals surface area contributed by atoms with Crippen LogP contribution >= 0.6 is 0 Å². The normalized spacial score (nSPS) is 20.0. The van der Waals surface area contributed by atoms with Crippen molar-refractivity contribution in [2.24, 2.45) is 10.7 Å². The number of nitrogens with two attached hydrogens (primary N) is 1. The maximum atomic E-state index is 13.7. The van der Waals surface area contributed by atoms with Crippen LogP contribution in [0.1, 0.15) is 21.7 Å². The van der Waals surface area contributed by atoms with Crippen LogP contribution in [0.25, 0.3) is 0 Å². The molecule has 25 heavy (non-hydrogen) atoms. The molecule has 1 amide bonds. The molecule has 1 atom stereocenters. The summed E-state index contributed by atoms with van der Waals surface area (Å²) in [6.07, 6.45) is 1.54. The Hall–Kier alpha value is -2.87. The second-order valence-electron chi connectivity index (χ2n) is 5.79. The van der Waals surface area contributed by atoms with Gasteiger partial charge in [-0.25, -0.2) is 9.37 Å². The first-order chi connectivity index (χ1) is 12.0. The SMILES string of the molecule is Cc1cccnc1C(=O)Nc1cccc(C2(CF)COCC(N)=N2)n1. The first-order valence-electron chi connectivity index (χ1n) is 7.72. The van der Waals surface area contributed by atoms with E-state index in [1.165, 1.54) is 0 Å². The van der Waals surface area contributed by atoms with E-state index in [9.17, 15) is 9.18 Å². The molecule has 2 aromatic heterocycles. The number of amidine groups is 1. The minimum absolute atomic E-state index is 0.0357. The number of aliphatic imine (C=N–C) groups is 1. The van der Waals surface area contributed by atoms with Crippen molar-refractivity contribution < 1.29 is 13.9 Å². The summed E-state index contributed by atoms with van der Waals surface area (Å²) in [6, 6.07) is 8.46. The zero-order valence-corrected chi connectivity index (χ0v) is 13.7. The zero-order valence-electron chi connectivity index (χ0n) is 13.7. The van der Waals surface area contributed by atoms with E-state index in [2.05, 4.69) is 20.3 Å². The van der Waals surface area contributed by atoms with Gasteiger partial charge in [-0.15, -0.1) is 0 Å². The topological polar surface area (TPSA) is 102 Å². The van der Waals surface area contributed by atoms with Gasteiger partial charge in [0.25, 0.3) is 5.91 Å². The van der Waals surface area contributed by atoms with Crippen molar-refractivity contribution >= 4 is 17.6 Å². The molecule has 0 aliphatic carbocycles. The lowest BCUT2D eigenvalue weighted by Crippen LogP contribution is -2.42. The number of aromatic nitrogens is 2. The maximum Gasteiger partial charge on any atom is 0.275 e. The second kappa shape index (κ2) is 6.94. The molecule has 1 aliphatic heterocycles. The van der Waals surface area contributed by atoms with E-state index >= 15 is 0 Å². The maximum absolute atomic E-state index is 13.7. The van der Waals surface area contributed by atoms with Crippen LogP contribution in [-0.4, -0.2) is 41.6 Å². The molecule has 3 N–H and O–H groups in total. The van der Waals surface area contributed by atoms with E-state index in [0.717, 1.165) is 5.56 Å². The van der Waals surface area contributed by atoms with E-state index < -0.39 is 12.2 Å². The average Bonchev–Trinajstić information content (AvgIpc) is 2.62. The molecule has 3 rings (SSSR count). The van der Waals surface area contributed by atoms with E-state index in [1.54, 1.807) is 43.5 Å². The fourth-order valence-electron chi connectivity index (χ4n) is 2.59. The van der Waals surface area contributed by atoms with Gasteiger partial charge in [-0.3, -0.25) is 14.8 Å². The van der Waals surface area contributed by atoms with Gasteiger partial charge < -0.3 is 15.8 Å². The van der Waals surface area contributed by atoms with Gasteiger partial charge in [0.05, 0.1) is 12.3 Å². The van der Waals surface area contributed by atoms with Gasteiger partial charge in [0.15, 0.2) is 5.54 Å². The number of nitrogens with zero attached hydrogens (tertiary/aromatic N) is 3. The van der Waals surface area contributed by atoms with Gasteiger partial charge in [-0.1, -0.05) is 12.1 Å². The molecule has 0 saturated heterocycles. The van der Waals surface area contributed by atoms with Crippen molar-refractivity contribution in [3.8, 4) is 0 Å². The number of hydrogen-bond acceptors (Lipinski definition) is 6. The van der Waals surface area contributed by atoms with Gasteiger partial charge in [0.1, 0.15) is 30.6 Å². The summed E-state index contributed by atoms with van der Waals surface area (Å²) in [5.41, 5.74) is 5.79. The summed E-state index contributed by atoms with van der Waals surface area (Å²) in [7, 11) is 0. The molecular formula is C17H18FN5O2. The average molecular weight is 343 g/mol. The van der Waals surface area contributed by atoms with E-state index in [4.69, 9.17) is 10.5 Å². The molecule has 0 saturated carbocycles. The summed E-state index contributed by atoms with van der Waals surface area (Å²) >= 11 is 0. The largest absolute Gasteiger partial charge is 0.385 e. The first kappa shape index (κ1) is 17.0. The molecule has 7 nitrogen and oxygen atoms in total. The van der Waals surface area contributed by atoms with Crippen LogP contribution in [0.5, 0.6) is 0 Å². The Morgan fingerprint density at radius 1 is 1.40 bits per heavy atom. The van der Waals surface area contributed by atoms with Crippen molar-refractivity contribution in [2.75, 3.05) is 25.2 Å². The number of halogens is 1. The molecule has 130 valence electrons. The number of nitrogens with one attached hydrogen (secondary N) is 1. The zero-order chi connectivity index (χ0) is 17.9. The van der Waals surface area contributed by atoms with E-state index in [1.807, 2.05) is 0 Å². The highest BCUT2D eigenvalue weighted by Crippen LogP contribution is 2.29. The van der Waals surface area contributed by atoms with Crippen LogP contribution < -0.4 is 11.1 Å². The number of hydrogen-bond donors (Lipinski definition) is 2. The third-order valence-electron chi connectivity index (χ3n) is 3.86. The molecular weight excluding hydrogens is 325 g/mol. The molecule has 3 heterocycles. The van der Waals surface area contributed by atoms with Gasteiger partial charge in [0, 0.05) is 6.20 Å². The number of alkyl halides is 1. The molecule has 1 unspecified atom stereocenters. The monoisotopic (exact) mass is 343 g/mol. The van der Waals surface area contributed by atoms with Crippen molar-refractivity contribution in [2.45, 2.75) is 12.5 Å². The molecule has 0 aromatic carbocycles. The summed E-state index contributed by atoms with van der Waals surface area (Å²) < 4.78 is 19.0. The summed E-state index contributed by atoms with van der Waals surface area (Å²) in [5.74, 6) is 0.101. The molecule has 0 fully saturated rings. The fourth-order valence-corrected chi connectivity index (χ4v) is 2.59. The molecule has 2 aromatic rings. The number of pyridine rings is 2. The lowest BCUT2D eigenvalue weighted by Gasteiger charge is -2.30. The van der Waals surface area contributed by atoms with Gasteiger partial charge >= 0.3 is 0 Å². The highest BCUT2D eigenvalue weighted by Gasteiger charge is 2.37. The number of carbonyl (C=O) groups excluding carboxylic acids is 1. The van der Waals surface area contributed by atoms with Crippen molar-refractivity contribution in [1.82, 2.24) is 9.97 Å². The Morgan fingerprint density at radius 2 is 2.24 bits per heavy atom. The number of anilines is 1. The molecule has 1 aliphatic rings. The minimum atomic E-state index is -1.29. The Bertz CT molecular complexity index is 826. The van der Waals surface area contributed by atoms with Gasteiger partial charge in [-0.2, -0.15) is 0 Å². The predicted octanol–water partition coefficient (Wildman–Crippen LogP) is 1.59. The fraction of sp³-hybridized carbons (Fsp3) is 0.294. The van der Waals surface area contributed by atoms with Gasteiger partial charge in [0.2, 0.25) is 0 Å².